The van der Waals surface area contributed by atoms with E-state index in [0.717, 1.165) is 6.42 Å². The lowest BCUT2D eigenvalue weighted by Gasteiger charge is -2.11. The molecule has 1 nitrogen and oxygen atoms in total. The van der Waals surface area contributed by atoms with Gasteiger partial charge >= 0.3 is 0 Å². The lowest BCUT2D eigenvalue weighted by Crippen LogP contribution is -2.11. The summed E-state index contributed by atoms with van der Waals surface area (Å²) >= 11 is 0. The van der Waals surface area contributed by atoms with Crippen LogP contribution >= 0.6 is 0 Å². The number of carbonyl (C=O) groups excluding carboxylic acids is 1. The van der Waals surface area contributed by atoms with Crippen molar-refractivity contribution in [3.8, 4) is 0 Å². The topological polar surface area (TPSA) is 17.1 Å². The highest BCUT2D eigenvalue weighted by atomic mass is 16.1. The summed E-state index contributed by atoms with van der Waals surface area (Å²) in [7, 11) is 0. The molecule has 0 saturated carbocycles. The van der Waals surface area contributed by atoms with Crippen molar-refractivity contribution in [1.29, 1.82) is 0 Å². The average Bonchev–Trinajstić information content (AvgIpc) is 2.57. The van der Waals surface area contributed by atoms with Gasteiger partial charge in [-0.05, 0) is 12.5 Å². The fourth-order valence-electron chi connectivity index (χ4n) is 3.36. The Morgan fingerprint density at radius 3 is 1.65 bits per heavy atom. The molecule has 0 aromatic rings. The zero-order valence-corrected chi connectivity index (χ0v) is 15.4. The monoisotopic (exact) mass is 318 g/mol. The van der Waals surface area contributed by atoms with Crippen LogP contribution in [0.2, 0.25) is 0 Å². The molecule has 1 atom stereocenters. The fourth-order valence-corrected chi connectivity index (χ4v) is 3.36. The Labute approximate surface area is 144 Å². The molecule has 0 aromatic heterocycles. The van der Waals surface area contributed by atoms with Crippen LogP contribution in [0.4, 0.5) is 0 Å². The SMILES string of the molecule is CCCCCCCCCCCCCCCCC1C=CC=CC1=O. The van der Waals surface area contributed by atoms with Crippen LogP contribution in [-0.4, -0.2) is 5.78 Å². The van der Waals surface area contributed by atoms with E-state index in [1.54, 1.807) is 6.08 Å². The molecule has 1 aliphatic rings. The lowest BCUT2D eigenvalue weighted by molar-refractivity contribution is -0.117. The lowest BCUT2D eigenvalue weighted by atomic mass is 9.93. The van der Waals surface area contributed by atoms with Crippen LogP contribution in [0.1, 0.15) is 103 Å². The fraction of sp³-hybridized carbons (Fsp3) is 0.773. The summed E-state index contributed by atoms with van der Waals surface area (Å²) in [6.45, 7) is 2.28. The number of hydrogen-bond donors (Lipinski definition) is 0. The van der Waals surface area contributed by atoms with E-state index in [9.17, 15) is 4.79 Å². The molecule has 1 unspecified atom stereocenters. The summed E-state index contributed by atoms with van der Waals surface area (Å²) in [5, 5.41) is 0. The maximum atomic E-state index is 11.6. The van der Waals surface area contributed by atoms with Crippen LogP contribution in [0.15, 0.2) is 24.3 Å². The Hall–Kier alpha value is -0.850. The van der Waals surface area contributed by atoms with Gasteiger partial charge in [-0.15, -0.1) is 0 Å². The van der Waals surface area contributed by atoms with Gasteiger partial charge in [0, 0.05) is 5.92 Å². The Balaban J connectivity index is 1.76. The second-order valence-electron chi connectivity index (χ2n) is 7.14. The Morgan fingerprint density at radius 2 is 1.17 bits per heavy atom. The van der Waals surface area contributed by atoms with E-state index < -0.39 is 0 Å². The predicted molar refractivity (Wildman–Crippen MR) is 102 cm³/mol. The zero-order chi connectivity index (χ0) is 16.6. The number of hydrogen-bond acceptors (Lipinski definition) is 1. The summed E-state index contributed by atoms with van der Waals surface area (Å²) in [6.07, 6.45) is 28.1. The minimum absolute atomic E-state index is 0.164. The van der Waals surface area contributed by atoms with Crippen LogP contribution in [0.3, 0.4) is 0 Å². The molecule has 0 heterocycles. The smallest absolute Gasteiger partial charge is 0.162 e. The van der Waals surface area contributed by atoms with Crippen LogP contribution in [0.25, 0.3) is 0 Å². The zero-order valence-electron chi connectivity index (χ0n) is 15.4. The second kappa shape index (κ2) is 14.7. The van der Waals surface area contributed by atoms with Gasteiger partial charge in [0.25, 0.3) is 0 Å². The molecule has 1 heteroatoms. The summed E-state index contributed by atoms with van der Waals surface area (Å²) in [5.41, 5.74) is 0. The Morgan fingerprint density at radius 1 is 0.696 bits per heavy atom. The number of carbonyl (C=O) groups is 1. The van der Waals surface area contributed by atoms with Crippen molar-refractivity contribution < 1.29 is 4.79 Å². The first kappa shape index (κ1) is 20.2. The highest BCUT2D eigenvalue weighted by molar-refractivity contribution is 5.94. The number of allylic oxidation sites excluding steroid dienone is 4. The molecule has 0 aromatic carbocycles. The van der Waals surface area contributed by atoms with E-state index in [1.807, 2.05) is 12.2 Å². The van der Waals surface area contributed by atoms with E-state index in [2.05, 4.69) is 13.0 Å². The minimum atomic E-state index is 0.164. The van der Waals surface area contributed by atoms with E-state index in [-0.39, 0.29) is 5.92 Å². The van der Waals surface area contributed by atoms with E-state index >= 15 is 0 Å². The number of ketones is 1. The summed E-state index contributed by atoms with van der Waals surface area (Å²) in [5.74, 6) is 0.458. The molecule has 0 amide bonds. The van der Waals surface area contributed by atoms with Crippen LogP contribution in [0.5, 0.6) is 0 Å². The van der Waals surface area contributed by atoms with E-state index in [1.165, 1.54) is 89.9 Å². The minimum Gasteiger partial charge on any atom is -0.294 e. The van der Waals surface area contributed by atoms with Crippen LogP contribution in [-0.2, 0) is 4.79 Å². The highest BCUT2D eigenvalue weighted by Crippen LogP contribution is 2.18. The molecule has 0 radical (unpaired) electrons. The third-order valence-corrected chi connectivity index (χ3v) is 4.95. The molecular weight excluding hydrogens is 280 g/mol. The third kappa shape index (κ3) is 11.3. The van der Waals surface area contributed by atoms with Gasteiger partial charge in [-0.3, -0.25) is 4.79 Å². The first-order valence-corrected chi connectivity index (χ1v) is 10.2. The molecule has 1 rings (SSSR count). The highest BCUT2D eigenvalue weighted by Gasteiger charge is 2.13. The standard InChI is InChI=1S/C22H38O/c1-2-3-4-5-6-7-8-9-10-11-12-13-14-15-18-21-19-16-17-20-22(21)23/h16-17,19-21H,2-15,18H2,1H3. The molecule has 0 aliphatic heterocycles. The largest absolute Gasteiger partial charge is 0.294 e. The van der Waals surface area contributed by atoms with Crippen molar-refractivity contribution >= 4 is 5.78 Å². The summed E-state index contributed by atoms with van der Waals surface area (Å²) < 4.78 is 0. The summed E-state index contributed by atoms with van der Waals surface area (Å²) in [4.78, 5) is 11.6. The molecule has 1 aliphatic carbocycles. The third-order valence-electron chi connectivity index (χ3n) is 4.95. The number of rotatable bonds is 15. The van der Waals surface area contributed by atoms with Crippen molar-refractivity contribution in [3.63, 3.8) is 0 Å². The van der Waals surface area contributed by atoms with Crippen LogP contribution < -0.4 is 0 Å². The average molecular weight is 319 g/mol. The Kier molecular flexibility index (Phi) is 12.9. The quantitative estimate of drug-likeness (QED) is 0.292. The molecule has 0 fully saturated rings. The molecular formula is C22H38O. The molecule has 0 spiro atoms. The van der Waals surface area contributed by atoms with E-state index in [0.29, 0.717) is 5.78 Å². The van der Waals surface area contributed by atoms with E-state index in [4.69, 9.17) is 0 Å². The predicted octanol–water partition coefficient (Wildman–Crippen LogP) is 7.17. The second-order valence-corrected chi connectivity index (χ2v) is 7.14. The molecule has 0 saturated heterocycles. The van der Waals surface area contributed by atoms with Crippen molar-refractivity contribution in [1.82, 2.24) is 0 Å². The maximum Gasteiger partial charge on any atom is 0.162 e. The van der Waals surface area contributed by atoms with Crippen molar-refractivity contribution in [2.24, 2.45) is 5.92 Å². The van der Waals surface area contributed by atoms with Gasteiger partial charge in [0.1, 0.15) is 0 Å². The first-order chi connectivity index (χ1) is 11.3. The van der Waals surface area contributed by atoms with Gasteiger partial charge in [-0.25, -0.2) is 0 Å². The van der Waals surface area contributed by atoms with Crippen molar-refractivity contribution in [2.45, 2.75) is 103 Å². The van der Waals surface area contributed by atoms with Gasteiger partial charge < -0.3 is 0 Å². The number of unbranched alkanes of at least 4 members (excludes halogenated alkanes) is 13. The normalized spacial score (nSPS) is 17.1. The van der Waals surface area contributed by atoms with Gasteiger partial charge in [-0.2, -0.15) is 0 Å². The van der Waals surface area contributed by atoms with Gasteiger partial charge in [-0.1, -0.05) is 115 Å². The van der Waals surface area contributed by atoms with Crippen LogP contribution in [0, 0.1) is 5.92 Å². The van der Waals surface area contributed by atoms with Crippen molar-refractivity contribution in [2.75, 3.05) is 0 Å². The van der Waals surface area contributed by atoms with Gasteiger partial charge in [0.2, 0.25) is 0 Å². The molecule has 23 heavy (non-hydrogen) atoms. The first-order valence-electron chi connectivity index (χ1n) is 10.2. The Bertz CT molecular complexity index is 340. The maximum absolute atomic E-state index is 11.6. The molecule has 132 valence electrons. The molecule has 0 N–H and O–H groups in total. The summed E-state index contributed by atoms with van der Waals surface area (Å²) in [6, 6.07) is 0. The van der Waals surface area contributed by atoms with Gasteiger partial charge in [0.15, 0.2) is 5.78 Å². The van der Waals surface area contributed by atoms with Crippen molar-refractivity contribution in [3.05, 3.63) is 24.3 Å². The molecule has 0 bridgehead atoms. The van der Waals surface area contributed by atoms with Gasteiger partial charge in [0.05, 0.1) is 0 Å².